The zero-order chi connectivity index (χ0) is 14.2. The van der Waals surface area contributed by atoms with E-state index in [9.17, 15) is 18.3 Å². The molecule has 0 radical (unpaired) electrons. The van der Waals surface area contributed by atoms with Gasteiger partial charge in [-0.2, -0.15) is 4.31 Å². The van der Waals surface area contributed by atoms with Crippen molar-refractivity contribution in [3.63, 3.8) is 0 Å². The first-order chi connectivity index (χ1) is 8.86. The number of aromatic amines is 1. The number of aliphatic hydroxyl groups excluding tert-OH is 1. The van der Waals surface area contributed by atoms with E-state index in [0.717, 1.165) is 10.5 Å². The number of imidazole rings is 1. The normalized spacial score (nSPS) is 24.7. The topological polar surface area (TPSA) is 124 Å². The van der Waals surface area contributed by atoms with Crippen LogP contribution in [-0.4, -0.2) is 57.6 Å². The third-order valence-corrected chi connectivity index (χ3v) is 4.83. The van der Waals surface area contributed by atoms with Gasteiger partial charge in [-0.1, -0.05) is 6.92 Å². The number of sulfonamides is 1. The lowest BCUT2D eigenvalue weighted by Crippen LogP contribution is -2.40. The van der Waals surface area contributed by atoms with Gasteiger partial charge in [-0.05, 0) is 0 Å². The summed E-state index contributed by atoms with van der Waals surface area (Å²) in [5, 5.41) is 18.4. The number of nitrogens with one attached hydrogen (secondary N) is 1. The van der Waals surface area contributed by atoms with E-state index in [0.29, 0.717) is 12.2 Å². The third kappa shape index (κ3) is 2.48. The van der Waals surface area contributed by atoms with Gasteiger partial charge < -0.3 is 15.2 Å². The molecule has 0 aliphatic carbocycles. The number of aliphatic carboxylic acids is 1. The second-order valence-electron chi connectivity index (χ2n) is 4.37. The lowest BCUT2D eigenvalue weighted by molar-refractivity contribution is -0.140. The number of aromatic nitrogens is 2. The number of carboxylic acids is 1. The molecule has 0 amide bonds. The van der Waals surface area contributed by atoms with Gasteiger partial charge in [0.05, 0.1) is 12.3 Å². The lowest BCUT2D eigenvalue weighted by Gasteiger charge is -2.19. The second kappa shape index (κ2) is 4.91. The van der Waals surface area contributed by atoms with Gasteiger partial charge in [0.1, 0.15) is 11.9 Å². The molecule has 1 aliphatic heterocycles. The molecule has 2 rings (SSSR count). The molecule has 106 valence electrons. The molecular weight excluding hydrogens is 274 g/mol. The van der Waals surface area contributed by atoms with Crippen molar-refractivity contribution in [3.05, 3.63) is 12.0 Å². The molecule has 0 bridgehead atoms. The van der Waals surface area contributed by atoms with Crippen LogP contribution in [0.3, 0.4) is 0 Å². The fraction of sp³-hybridized carbons (Fsp3) is 0.600. The summed E-state index contributed by atoms with van der Waals surface area (Å²) in [4.78, 5) is 17.6. The third-order valence-electron chi connectivity index (χ3n) is 3.05. The van der Waals surface area contributed by atoms with Gasteiger partial charge >= 0.3 is 5.97 Å². The number of hydrogen-bond acceptors (Lipinski definition) is 5. The number of aliphatic hydroxyl groups is 1. The Morgan fingerprint density at radius 1 is 1.63 bits per heavy atom. The van der Waals surface area contributed by atoms with Gasteiger partial charge in [0.15, 0.2) is 5.03 Å². The highest BCUT2D eigenvalue weighted by atomic mass is 32.2. The Bertz CT molecular complexity index is 582. The van der Waals surface area contributed by atoms with Crippen molar-refractivity contribution in [1.82, 2.24) is 14.3 Å². The van der Waals surface area contributed by atoms with Crippen molar-refractivity contribution in [1.29, 1.82) is 0 Å². The van der Waals surface area contributed by atoms with E-state index in [-0.39, 0.29) is 18.0 Å². The highest BCUT2D eigenvalue weighted by Crippen LogP contribution is 2.25. The Morgan fingerprint density at radius 2 is 2.32 bits per heavy atom. The average molecular weight is 289 g/mol. The molecule has 0 saturated carbocycles. The van der Waals surface area contributed by atoms with Crippen LogP contribution in [0.1, 0.15) is 19.2 Å². The second-order valence-corrected chi connectivity index (χ2v) is 6.22. The van der Waals surface area contributed by atoms with E-state index in [1.54, 1.807) is 0 Å². The minimum absolute atomic E-state index is 0.108. The Hall–Kier alpha value is -1.45. The van der Waals surface area contributed by atoms with Gasteiger partial charge in [0.25, 0.3) is 10.0 Å². The molecule has 0 aromatic carbocycles. The summed E-state index contributed by atoms with van der Waals surface area (Å²) in [5.74, 6) is -0.763. The predicted molar refractivity (Wildman–Crippen MR) is 63.9 cm³/mol. The molecule has 2 unspecified atom stereocenters. The van der Waals surface area contributed by atoms with Crippen molar-refractivity contribution in [2.75, 3.05) is 6.54 Å². The van der Waals surface area contributed by atoms with Crippen LogP contribution in [0.25, 0.3) is 0 Å². The van der Waals surface area contributed by atoms with Gasteiger partial charge in [0.2, 0.25) is 0 Å². The van der Waals surface area contributed by atoms with Crippen LogP contribution in [0, 0.1) is 0 Å². The van der Waals surface area contributed by atoms with Gasteiger partial charge in [-0.15, -0.1) is 0 Å². The van der Waals surface area contributed by atoms with E-state index in [4.69, 9.17) is 5.11 Å². The first-order valence-corrected chi connectivity index (χ1v) is 7.27. The predicted octanol–water partition coefficient (Wildman–Crippen LogP) is -0.819. The smallest absolute Gasteiger partial charge is 0.322 e. The number of nitrogens with zero attached hydrogens (tertiary/aromatic N) is 2. The molecule has 1 aliphatic rings. The van der Waals surface area contributed by atoms with Crippen LogP contribution in [-0.2, 0) is 21.2 Å². The van der Waals surface area contributed by atoms with Crippen molar-refractivity contribution in [2.45, 2.75) is 36.9 Å². The minimum atomic E-state index is -3.98. The number of aryl methyl sites for hydroxylation is 1. The Balaban J connectivity index is 2.35. The first kappa shape index (κ1) is 14.0. The average Bonchev–Trinajstić information content (AvgIpc) is 2.94. The van der Waals surface area contributed by atoms with E-state index in [2.05, 4.69) is 9.97 Å². The van der Waals surface area contributed by atoms with E-state index in [1.807, 2.05) is 6.92 Å². The van der Waals surface area contributed by atoms with Gasteiger partial charge in [-0.25, -0.2) is 13.4 Å². The quantitative estimate of drug-likeness (QED) is 0.665. The maximum absolute atomic E-state index is 12.3. The van der Waals surface area contributed by atoms with E-state index in [1.165, 1.54) is 0 Å². The molecule has 1 aromatic rings. The molecule has 8 nitrogen and oxygen atoms in total. The zero-order valence-electron chi connectivity index (χ0n) is 10.3. The number of H-pyrrole nitrogens is 1. The number of carboxylic acid groups (broad SMARTS) is 1. The van der Waals surface area contributed by atoms with E-state index >= 15 is 0 Å². The Kier molecular flexibility index (Phi) is 3.61. The highest BCUT2D eigenvalue weighted by molar-refractivity contribution is 7.89. The first-order valence-electron chi connectivity index (χ1n) is 5.82. The van der Waals surface area contributed by atoms with Crippen LogP contribution in [0.15, 0.2) is 11.2 Å². The molecule has 1 aromatic heterocycles. The number of carbonyl (C=O) groups is 1. The maximum Gasteiger partial charge on any atom is 0.322 e. The highest BCUT2D eigenvalue weighted by Gasteiger charge is 2.44. The standard InChI is InChI=1S/C10H15N3O5S/c1-2-8-11-4-9(12-8)19(17,18)13-5-6(14)3-7(13)10(15)16/h4,6-7,14H,2-3,5H2,1H3,(H,11,12)(H,15,16). The van der Waals surface area contributed by atoms with Gasteiger partial charge in [0, 0.05) is 19.4 Å². The van der Waals surface area contributed by atoms with Crippen LogP contribution in [0.4, 0.5) is 0 Å². The number of hydrogen-bond donors (Lipinski definition) is 3. The zero-order valence-corrected chi connectivity index (χ0v) is 11.1. The Labute approximate surface area is 110 Å². The summed E-state index contributed by atoms with van der Waals surface area (Å²) in [6, 6.07) is -1.24. The van der Waals surface area contributed by atoms with Crippen LogP contribution in [0.2, 0.25) is 0 Å². The number of β-amino-alcohol motifs (C(OH)–C–C–N with tert-alkyl or cyclic N) is 1. The monoisotopic (exact) mass is 289 g/mol. The molecule has 1 fully saturated rings. The molecule has 1 saturated heterocycles. The summed E-state index contributed by atoms with van der Waals surface area (Å²) in [7, 11) is -3.98. The Morgan fingerprint density at radius 3 is 2.84 bits per heavy atom. The SMILES string of the molecule is CCc1ncc(S(=O)(=O)N2CC(O)CC2C(=O)O)[nH]1. The molecule has 2 heterocycles. The summed E-state index contributed by atoms with van der Waals surface area (Å²) >= 11 is 0. The van der Waals surface area contributed by atoms with Crippen molar-refractivity contribution in [3.8, 4) is 0 Å². The van der Waals surface area contributed by atoms with E-state index < -0.39 is 28.1 Å². The fourth-order valence-corrected chi connectivity index (χ4v) is 3.62. The fourth-order valence-electron chi connectivity index (χ4n) is 2.05. The lowest BCUT2D eigenvalue weighted by atomic mass is 10.2. The molecule has 0 spiro atoms. The largest absolute Gasteiger partial charge is 0.480 e. The maximum atomic E-state index is 12.3. The molecule has 3 N–H and O–H groups in total. The van der Waals surface area contributed by atoms with Crippen molar-refractivity contribution >= 4 is 16.0 Å². The number of rotatable bonds is 4. The minimum Gasteiger partial charge on any atom is -0.480 e. The molecule has 9 heteroatoms. The summed E-state index contributed by atoms with van der Waals surface area (Å²) in [6.07, 6.45) is 0.631. The van der Waals surface area contributed by atoms with Crippen molar-refractivity contribution < 1.29 is 23.4 Å². The molecular formula is C10H15N3O5S. The summed E-state index contributed by atoms with van der Waals surface area (Å²) < 4.78 is 25.4. The molecule has 19 heavy (non-hydrogen) atoms. The van der Waals surface area contributed by atoms with Crippen LogP contribution < -0.4 is 0 Å². The van der Waals surface area contributed by atoms with Gasteiger partial charge in [-0.3, -0.25) is 4.79 Å². The summed E-state index contributed by atoms with van der Waals surface area (Å²) in [6.45, 7) is 1.59. The van der Waals surface area contributed by atoms with Crippen LogP contribution in [0.5, 0.6) is 0 Å². The van der Waals surface area contributed by atoms with Crippen LogP contribution >= 0.6 is 0 Å². The van der Waals surface area contributed by atoms with Crippen molar-refractivity contribution in [2.24, 2.45) is 0 Å². The molecule has 2 atom stereocenters. The summed E-state index contributed by atoms with van der Waals surface area (Å²) in [5.41, 5.74) is 0.